The van der Waals surface area contributed by atoms with Crippen molar-refractivity contribution < 1.29 is 0 Å². The first kappa shape index (κ1) is 10.6. The van der Waals surface area contributed by atoms with Gasteiger partial charge in [0.25, 0.3) is 0 Å². The summed E-state index contributed by atoms with van der Waals surface area (Å²) in [6.45, 7) is 7.84. The molecular formula is C11H20N4. The van der Waals surface area contributed by atoms with Gasteiger partial charge in [-0.1, -0.05) is 0 Å². The van der Waals surface area contributed by atoms with Crippen molar-refractivity contribution in [1.29, 1.82) is 0 Å². The lowest BCUT2D eigenvalue weighted by Crippen LogP contribution is -2.43. The Balaban J connectivity index is 1.94. The fourth-order valence-corrected chi connectivity index (χ4v) is 2.05. The van der Waals surface area contributed by atoms with Crippen molar-refractivity contribution in [3.05, 3.63) is 17.5 Å². The first-order valence-electron chi connectivity index (χ1n) is 5.55. The number of aryl methyl sites for hydroxylation is 2. The summed E-state index contributed by atoms with van der Waals surface area (Å²) >= 11 is 0. The molecule has 0 radical (unpaired) electrons. The highest BCUT2D eigenvalue weighted by molar-refractivity contribution is 5.15. The molecule has 0 aromatic carbocycles. The number of piperazine rings is 1. The van der Waals surface area contributed by atoms with Crippen molar-refractivity contribution in [3.63, 3.8) is 0 Å². The fraction of sp³-hybridized carbons (Fsp3) is 0.727. The summed E-state index contributed by atoms with van der Waals surface area (Å²) < 4.78 is 1.90. The molecular weight excluding hydrogens is 188 g/mol. The molecule has 1 aliphatic rings. The van der Waals surface area contributed by atoms with Crippen LogP contribution in [0.25, 0.3) is 0 Å². The minimum atomic E-state index is 1.05. The van der Waals surface area contributed by atoms with Crippen molar-refractivity contribution >= 4 is 0 Å². The van der Waals surface area contributed by atoms with Gasteiger partial charge in [0.15, 0.2) is 0 Å². The van der Waals surface area contributed by atoms with E-state index in [4.69, 9.17) is 0 Å². The molecule has 0 N–H and O–H groups in total. The number of nitrogens with zero attached hydrogens (tertiary/aromatic N) is 4. The first-order valence-corrected chi connectivity index (χ1v) is 5.55. The van der Waals surface area contributed by atoms with Crippen LogP contribution in [0.4, 0.5) is 0 Å². The summed E-state index contributed by atoms with van der Waals surface area (Å²) in [5.41, 5.74) is 2.53. The second-order valence-corrected chi connectivity index (χ2v) is 4.49. The Morgan fingerprint density at radius 1 is 1.20 bits per heavy atom. The minimum absolute atomic E-state index is 1.05. The molecule has 4 heteroatoms. The largest absolute Gasteiger partial charge is 0.304 e. The quantitative estimate of drug-likeness (QED) is 0.706. The van der Waals surface area contributed by atoms with E-state index in [2.05, 4.69) is 35.1 Å². The van der Waals surface area contributed by atoms with E-state index in [0.29, 0.717) is 0 Å². The number of rotatable bonds is 2. The van der Waals surface area contributed by atoms with E-state index >= 15 is 0 Å². The van der Waals surface area contributed by atoms with Crippen molar-refractivity contribution in [2.24, 2.45) is 7.05 Å². The van der Waals surface area contributed by atoms with E-state index in [1.807, 2.05) is 11.7 Å². The monoisotopic (exact) mass is 208 g/mol. The maximum atomic E-state index is 4.37. The van der Waals surface area contributed by atoms with E-state index < -0.39 is 0 Å². The molecule has 0 unspecified atom stereocenters. The molecule has 0 atom stereocenters. The van der Waals surface area contributed by atoms with Crippen LogP contribution in [0.1, 0.15) is 11.3 Å². The van der Waals surface area contributed by atoms with Crippen molar-refractivity contribution in [1.82, 2.24) is 19.6 Å². The Kier molecular flexibility index (Phi) is 3.07. The third-order valence-corrected chi connectivity index (χ3v) is 3.10. The van der Waals surface area contributed by atoms with E-state index in [1.165, 1.54) is 31.7 Å². The number of hydrogen-bond acceptors (Lipinski definition) is 3. The molecule has 1 fully saturated rings. The minimum Gasteiger partial charge on any atom is -0.304 e. The molecule has 0 amide bonds. The third kappa shape index (κ3) is 2.58. The molecule has 2 rings (SSSR count). The number of likely N-dealkylation sites (N-methyl/N-ethyl adjacent to an activating group) is 1. The zero-order chi connectivity index (χ0) is 10.8. The zero-order valence-electron chi connectivity index (χ0n) is 9.90. The van der Waals surface area contributed by atoms with Gasteiger partial charge < -0.3 is 4.90 Å². The molecule has 2 heterocycles. The fourth-order valence-electron chi connectivity index (χ4n) is 2.05. The second-order valence-electron chi connectivity index (χ2n) is 4.49. The third-order valence-electron chi connectivity index (χ3n) is 3.10. The van der Waals surface area contributed by atoms with Crippen LogP contribution in [0.3, 0.4) is 0 Å². The lowest BCUT2D eigenvalue weighted by atomic mass is 10.2. The number of aromatic nitrogens is 2. The van der Waals surface area contributed by atoms with Crippen LogP contribution < -0.4 is 0 Å². The van der Waals surface area contributed by atoms with Crippen LogP contribution in [-0.4, -0.2) is 52.8 Å². The highest BCUT2D eigenvalue weighted by Gasteiger charge is 2.15. The maximum Gasteiger partial charge on any atom is 0.0638 e. The summed E-state index contributed by atoms with van der Waals surface area (Å²) in [6, 6.07) is 0. The highest BCUT2D eigenvalue weighted by Crippen LogP contribution is 2.10. The van der Waals surface area contributed by atoms with Gasteiger partial charge >= 0.3 is 0 Å². The second kappa shape index (κ2) is 4.33. The molecule has 1 saturated heterocycles. The van der Waals surface area contributed by atoms with Gasteiger partial charge in [-0.25, -0.2) is 0 Å². The summed E-state index contributed by atoms with van der Waals surface area (Å²) in [5, 5.41) is 4.37. The molecule has 0 bridgehead atoms. The van der Waals surface area contributed by atoms with Gasteiger partial charge in [-0.3, -0.25) is 9.58 Å². The van der Waals surface area contributed by atoms with Gasteiger partial charge in [0.2, 0.25) is 0 Å². The van der Waals surface area contributed by atoms with Gasteiger partial charge in [-0.05, 0) is 14.0 Å². The van der Waals surface area contributed by atoms with Gasteiger partial charge in [0.1, 0.15) is 0 Å². The molecule has 84 valence electrons. The van der Waals surface area contributed by atoms with E-state index in [-0.39, 0.29) is 0 Å². The Morgan fingerprint density at radius 2 is 1.87 bits per heavy atom. The summed E-state index contributed by atoms with van der Waals surface area (Å²) in [5.74, 6) is 0. The predicted molar refractivity (Wildman–Crippen MR) is 60.7 cm³/mol. The molecule has 0 aliphatic carbocycles. The van der Waals surface area contributed by atoms with Crippen LogP contribution in [-0.2, 0) is 13.6 Å². The molecule has 15 heavy (non-hydrogen) atoms. The summed E-state index contributed by atoms with van der Waals surface area (Å²) in [7, 11) is 4.17. The Hall–Kier alpha value is -0.870. The lowest BCUT2D eigenvalue weighted by Gasteiger charge is -2.32. The van der Waals surface area contributed by atoms with Crippen molar-refractivity contribution in [2.75, 3.05) is 33.2 Å². The number of hydrogen-bond donors (Lipinski definition) is 0. The van der Waals surface area contributed by atoms with Crippen LogP contribution in [0, 0.1) is 6.92 Å². The average Bonchev–Trinajstić information content (AvgIpc) is 2.49. The van der Waals surface area contributed by atoms with Gasteiger partial charge in [0.05, 0.1) is 5.69 Å². The Bertz CT molecular complexity index is 323. The van der Waals surface area contributed by atoms with E-state index in [0.717, 1.165) is 12.2 Å². The maximum absolute atomic E-state index is 4.37. The van der Waals surface area contributed by atoms with Gasteiger partial charge in [-0.2, -0.15) is 5.10 Å². The molecule has 0 spiro atoms. The summed E-state index contributed by atoms with van der Waals surface area (Å²) in [6.07, 6.45) is 2.13. The van der Waals surface area contributed by atoms with Crippen molar-refractivity contribution in [3.8, 4) is 0 Å². The van der Waals surface area contributed by atoms with Gasteiger partial charge in [0, 0.05) is 51.5 Å². The van der Waals surface area contributed by atoms with Crippen molar-refractivity contribution in [2.45, 2.75) is 13.5 Å². The highest BCUT2D eigenvalue weighted by atomic mass is 15.3. The SMILES string of the molecule is Cc1nn(C)cc1CN1CCN(C)CC1. The predicted octanol–water partition coefficient (Wildman–Crippen LogP) is 0.476. The Morgan fingerprint density at radius 3 is 2.40 bits per heavy atom. The standard InChI is InChI=1S/C11H20N4/c1-10-11(8-14(3)12-10)9-15-6-4-13(2)5-7-15/h8H,4-7,9H2,1-3H3. The molecule has 0 saturated carbocycles. The molecule has 1 aromatic heterocycles. The first-order chi connectivity index (χ1) is 7.15. The molecule has 4 nitrogen and oxygen atoms in total. The van der Waals surface area contributed by atoms with Crippen LogP contribution in [0.15, 0.2) is 6.20 Å². The van der Waals surface area contributed by atoms with E-state index in [9.17, 15) is 0 Å². The average molecular weight is 208 g/mol. The normalized spacial score (nSPS) is 19.7. The topological polar surface area (TPSA) is 24.3 Å². The zero-order valence-corrected chi connectivity index (χ0v) is 9.90. The smallest absolute Gasteiger partial charge is 0.0638 e. The van der Waals surface area contributed by atoms with E-state index in [1.54, 1.807) is 0 Å². The lowest BCUT2D eigenvalue weighted by molar-refractivity contribution is 0.148. The molecule has 1 aliphatic heterocycles. The van der Waals surface area contributed by atoms with Crippen LogP contribution >= 0.6 is 0 Å². The van der Waals surface area contributed by atoms with Crippen LogP contribution in [0.5, 0.6) is 0 Å². The summed E-state index contributed by atoms with van der Waals surface area (Å²) in [4.78, 5) is 4.89. The Labute approximate surface area is 91.5 Å². The van der Waals surface area contributed by atoms with Crippen LogP contribution in [0.2, 0.25) is 0 Å². The molecule has 1 aromatic rings. The van der Waals surface area contributed by atoms with Gasteiger partial charge in [-0.15, -0.1) is 0 Å².